The number of nitro benzene ring substituents is 1. The molecule has 0 saturated carbocycles. The van der Waals surface area contributed by atoms with Gasteiger partial charge >= 0.3 is 0 Å². The molecule has 116 valence electrons. The maximum Gasteiger partial charge on any atom is 0.270 e. The van der Waals surface area contributed by atoms with Gasteiger partial charge in [0.05, 0.1) is 10.6 Å². The molecule has 0 spiro atoms. The van der Waals surface area contributed by atoms with Crippen molar-refractivity contribution in [3.8, 4) is 0 Å². The zero-order valence-electron chi connectivity index (χ0n) is 11.4. The lowest BCUT2D eigenvalue weighted by atomic mass is 10.3. The molecule has 21 heavy (non-hydrogen) atoms. The van der Waals surface area contributed by atoms with Crippen LogP contribution < -0.4 is 11.3 Å². The molecule has 1 unspecified atom stereocenters. The Morgan fingerprint density at radius 3 is 2.81 bits per heavy atom. The summed E-state index contributed by atoms with van der Waals surface area (Å²) in [6, 6.07) is 3.55. The molecule has 0 aliphatic carbocycles. The van der Waals surface area contributed by atoms with E-state index in [1.807, 2.05) is 6.92 Å². The van der Waals surface area contributed by atoms with Crippen molar-refractivity contribution in [2.24, 2.45) is 5.84 Å². The monoisotopic (exact) mass is 332 g/mol. The molecule has 0 aromatic heterocycles. The number of hydrazine groups is 1. The molecule has 0 radical (unpaired) electrons. The van der Waals surface area contributed by atoms with Crippen LogP contribution in [-0.4, -0.2) is 41.7 Å². The van der Waals surface area contributed by atoms with E-state index in [0.29, 0.717) is 18.8 Å². The lowest BCUT2D eigenvalue weighted by molar-refractivity contribution is -0.385. The highest BCUT2D eigenvalue weighted by Gasteiger charge is 2.32. The quantitative estimate of drug-likeness (QED) is 0.480. The van der Waals surface area contributed by atoms with Gasteiger partial charge in [-0.2, -0.15) is 16.1 Å². The molecule has 1 aromatic rings. The Kier molecular flexibility index (Phi) is 4.71. The van der Waals surface area contributed by atoms with Crippen molar-refractivity contribution in [3.63, 3.8) is 0 Å². The number of hydrogen-bond donors (Lipinski definition) is 2. The predicted molar refractivity (Wildman–Crippen MR) is 81.6 cm³/mol. The van der Waals surface area contributed by atoms with Crippen LogP contribution in [0.1, 0.15) is 6.92 Å². The van der Waals surface area contributed by atoms with E-state index in [1.165, 1.54) is 16.4 Å². The minimum Gasteiger partial charge on any atom is -0.323 e. The van der Waals surface area contributed by atoms with E-state index >= 15 is 0 Å². The number of sulfonamides is 1. The summed E-state index contributed by atoms with van der Waals surface area (Å²) in [6.45, 7) is 2.70. The number of anilines is 1. The van der Waals surface area contributed by atoms with E-state index in [0.717, 1.165) is 6.07 Å². The maximum atomic E-state index is 12.7. The van der Waals surface area contributed by atoms with Crippen molar-refractivity contribution in [2.75, 3.05) is 24.3 Å². The molecule has 1 saturated heterocycles. The number of nitrogens with zero attached hydrogens (tertiary/aromatic N) is 2. The number of thioether (sulfide) groups is 1. The van der Waals surface area contributed by atoms with Gasteiger partial charge in [0.2, 0.25) is 10.0 Å². The molecular weight excluding hydrogens is 316 g/mol. The van der Waals surface area contributed by atoms with Gasteiger partial charge in [-0.1, -0.05) is 6.92 Å². The van der Waals surface area contributed by atoms with Gasteiger partial charge in [-0.15, -0.1) is 0 Å². The third-order valence-electron chi connectivity index (χ3n) is 3.15. The van der Waals surface area contributed by atoms with Gasteiger partial charge in [0.15, 0.2) is 0 Å². The average molecular weight is 332 g/mol. The minimum atomic E-state index is -3.82. The molecule has 0 amide bonds. The molecule has 2 rings (SSSR count). The van der Waals surface area contributed by atoms with Crippen LogP contribution in [0, 0.1) is 10.1 Å². The number of nitrogens with two attached hydrogens (primary N) is 1. The smallest absolute Gasteiger partial charge is 0.270 e. The number of hydrogen-bond acceptors (Lipinski definition) is 7. The molecule has 1 atom stereocenters. The maximum absolute atomic E-state index is 12.7. The normalized spacial score (nSPS) is 20.2. The van der Waals surface area contributed by atoms with Crippen LogP contribution in [0.4, 0.5) is 11.4 Å². The van der Waals surface area contributed by atoms with Crippen molar-refractivity contribution in [2.45, 2.75) is 17.1 Å². The first-order valence-corrected chi connectivity index (χ1v) is 8.72. The Balaban J connectivity index is 2.47. The Morgan fingerprint density at radius 2 is 2.24 bits per heavy atom. The van der Waals surface area contributed by atoms with Gasteiger partial charge in [0, 0.05) is 36.2 Å². The fourth-order valence-electron chi connectivity index (χ4n) is 2.10. The van der Waals surface area contributed by atoms with E-state index in [9.17, 15) is 18.5 Å². The second-order valence-corrected chi connectivity index (χ2v) is 8.08. The molecular formula is C11H16N4O4S2. The van der Waals surface area contributed by atoms with Crippen molar-refractivity contribution in [1.29, 1.82) is 0 Å². The molecule has 1 aliphatic rings. The number of nitrogens with one attached hydrogen (secondary N) is 1. The summed E-state index contributed by atoms with van der Waals surface area (Å²) in [6.07, 6.45) is 0. The Labute approximate surface area is 126 Å². The molecule has 1 fully saturated rings. The molecule has 1 aromatic carbocycles. The van der Waals surface area contributed by atoms with Crippen LogP contribution in [0.15, 0.2) is 23.1 Å². The van der Waals surface area contributed by atoms with Crippen LogP contribution in [0.25, 0.3) is 0 Å². The van der Waals surface area contributed by atoms with E-state index in [-0.39, 0.29) is 21.5 Å². The van der Waals surface area contributed by atoms with Crippen LogP contribution in [0.5, 0.6) is 0 Å². The fraction of sp³-hybridized carbons (Fsp3) is 0.455. The molecule has 8 nitrogen and oxygen atoms in total. The zero-order chi connectivity index (χ0) is 15.6. The van der Waals surface area contributed by atoms with Crippen LogP contribution >= 0.6 is 11.8 Å². The predicted octanol–water partition coefficient (Wildman–Crippen LogP) is 1.01. The number of nitro groups is 1. The molecule has 10 heteroatoms. The first kappa shape index (κ1) is 16.0. The molecule has 0 bridgehead atoms. The first-order valence-electron chi connectivity index (χ1n) is 6.23. The Hall–Kier alpha value is -1.36. The molecule has 3 N–H and O–H groups in total. The van der Waals surface area contributed by atoms with E-state index < -0.39 is 14.9 Å². The SMILES string of the molecule is CC1CN(S(=O)(=O)c2cc([N+](=O)[O-])ccc2NN)CCS1. The van der Waals surface area contributed by atoms with Crippen molar-refractivity contribution < 1.29 is 13.3 Å². The summed E-state index contributed by atoms with van der Waals surface area (Å²) >= 11 is 1.70. The summed E-state index contributed by atoms with van der Waals surface area (Å²) in [5.74, 6) is 6.02. The fourth-order valence-corrected chi connectivity index (χ4v) is 5.03. The summed E-state index contributed by atoms with van der Waals surface area (Å²) in [5.41, 5.74) is 2.14. The van der Waals surface area contributed by atoms with E-state index in [4.69, 9.17) is 5.84 Å². The van der Waals surface area contributed by atoms with Crippen molar-refractivity contribution in [1.82, 2.24) is 4.31 Å². The van der Waals surface area contributed by atoms with Gasteiger partial charge in [-0.3, -0.25) is 16.0 Å². The average Bonchev–Trinajstić information content (AvgIpc) is 2.46. The van der Waals surface area contributed by atoms with Crippen molar-refractivity contribution >= 4 is 33.2 Å². The zero-order valence-corrected chi connectivity index (χ0v) is 13.0. The minimum absolute atomic E-state index is 0.145. The van der Waals surface area contributed by atoms with E-state index in [1.54, 1.807) is 11.8 Å². The second-order valence-electron chi connectivity index (χ2n) is 4.63. The van der Waals surface area contributed by atoms with Gasteiger partial charge in [-0.25, -0.2) is 8.42 Å². The topological polar surface area (TPSA) is 119 Å². The van der Waals surface area contributed by atoms with Crippen LogP contribution in [0.2, 0.25) is 0 Å². The standard InChI is InChI=1S/C11H16N4O4S2/c1-8-7-14(4-5-20-8)21(18,19)11-6-9(15(16)17)2-3-10(11)13-12/h2-3,6,8,13H,4-5,7,12H2,1H3. The van der Waals surface area contributed by atoms with Gasteiger partial charge in [0.25, 0.3) is 5.69 Å². The summed E-state index contributed by atoms with van der Waals surface area (Å²) in [7, 11) is -3.82. The van der Waals surface area contributed by atoms with E-state index in [2.05, 4.69) is 5.43 Å². The first-order chi connectivity index (χ1) is 9.86. The van der Waals surface area contributed by atoms with Gasteiger partial charge < -0.3 is 5.43 Å². The van der Waals surface area contributed by atoms with Crippen LogP contribution in [0.3, 0.4) is 0 Å². The van der Waals surface area contributed by atoms with Crippen LogP contribution in [-0.2, 0) is 10.0 Å². The van der Waals surface area contributed by atoms with Crippen molar-refractivity contribution in [3.05, 3.63) is 28.3 Å². The number of nitrogen functional groups attached to an aromatic ring is 1. The lowest BCUT2D eigenvalue weighted by Crippen LogP contribution is -2.41. The molecule has 1 heterocycles. The highest BCUT2D eigenvalue weighted by molar-refractivity contribution is 8.00. The number of benzene rings is 1. The van der Waals surface area contributed by atoms with Gasteiger partial charge in [0.1, 0.15) is 4.90 Å². The second kappa shape index (κ2) is 6.18. The van der Waals surface area contributed by atoms with Gasteiger partial charge in [-0.05, 0) is 6.07 Å². The number of non-ortho nitro benzene ring substituents is 1. The Morgan fingerprint density at radius 1 is 1.52 bits per heavy atom. The highest BCUT2D eigenvalue weighted by Crippen LogP contribution is 2.30. The largest absolute Gasteiger partial charge is 0.323 e. The third kappa shape index (κ3) is 3.28. The summed E-state index contributed by atoms with van der Waals surface area (Å²) in [5, 5.41) is 11.0. The summed E-state index contributed by atoms with van der Waals surface area (Å²) < 4.78 is 26.7. The highest BCUT2D eigenvalue weighted by atomic mass is 32.2. The Bertz CT molecular complexity index is 650. The lowest BCUT2D eigenvalue weighted by Gasteiger charge is -2.30. The molecule has 1 aliphatic heterocycles. The number of rotatable bonds is 4. The third-order valence-corrected chi connectivity index (χ3v) is 6.19. The summed E-state index contributed by atoms with van der Waals surface area (Å²) in [4.78, 5) is 10.1.